The highest BCUT2D eigenvalue weighted by Crippen LogP contribution is 2.22. The molecule has 1 aliphatic heterocycles. The fourth-order valence-corrected chi connectivity index (χ4v) is 3.44. The highest BCUT2D eigenvalue weighted by atomic mass is 35.5. The number of hydrogen-bond acceptors (Lipinski definition) is 4. The van der Waals surface area contributed by atoms with Crippen LogP contribution >= 0.6 is 23.2 Å². The number of anilines is 1. The summed E-state index contributed by atoms with van der Waals surface area (Å²) in [6, 6.07) is 10.0. The van der Waals surface area contributed by atoms with E-state index in [1.54, 1.807) is 6.07 Å². The molecule has 26 heavy (non-hydrogen) atoms. The van der Waals surface area contributed by atoms with Crippen LogP contribution in [0.2, 0.25) is 10.0 Å². The van der Waals surface area contributed by atoms with Crippen molar-refractivity contribution >= 4 is 34.9 Å². The molecule has 0 bridgehead atoms. The zero-order chi connectivity index (χ0) is 18.5. The van der Waals surface area contributed by atoms with E-state index in [2.05, 4.69) is 51.3 Å². The monoisotopic (exact) mass is 392 g/mol. The second-order valence-corrected chi connectivity index (χ2v) is 7.35. The third-order valence-electron chi connectivity index (χ3n) is 4.55. The molecule has 1 aliphatic rings. The first-order valence-corrected chi connectivity index (χ1v) is 9.37. The first kappa shape index (κ1) is 19.1. The van der Waals surface area contributed by atoms with Crippen LogP contribution in [0.1, 0.15) is 11.1 Å². The van der Waals surface area contributed by atoms with Crippen LogP contribution in [0.3, 0.4) is 0 Å². The molecule has 0 aliphatic carbocycles. The van der Waals surface area contributed by atoms with Crippen molar-refractivity contribution in [2.24, 2.45) is 0 Å². The maximum Gasteiger partial charge on any atom is 0.239 e. The number of pyridine rings is 1. The van der Waals surface area contributed by atoms with Gasteiger partial charge >= 0.3 is 0 Å². The molecule has 2 heterocycles. The number of aryl methyl sites for hydroxylation is 1. The summed E-state index contributed by atoms with van der Waals surface area (Å²) in [5.41, 5.74) is 2.68. The molecule has 1 amide bonds. The van der Waals surface area contributed by atoms with Crippen molar-refractivity contribution in [3.05, 3.63) is 57.7 Å². The van der Waals surface area contributed by atoms with E-state index in [1.807, 2.05) is 0 Å². The summed E-state index contributed by atoms with van der Waals surface area (Å²) in [6.45, 7) is 7.05. The van der Waals surface area contributed by atoms with Gasteiger partial charge in [-0.3, -0.25) is 14.6 Å². The van der Waals surface area contributed by atoms with E-state index in [0.717, 1.165) is 32.7 Å². The molecule has 1 N–H and O–H groups in total. The highest BCUT2D eigenvalue weighted by molar-refractivity contribution is 6.36. The van der Waals surface area contributed by atoms with E-state index in [0.29, 0.717) is 22.4 Å². The summed E-state index contributed by atoms with van der Waals surface area (Å²) < 4.78 is 0. The molecular formula is C19H22Cl2N4O. The standard InChI is InChI=1S/C19H22Cl2N4O/c1-14-4-2-3-5-15(14)12-24-6-8-25(9-7-24)13-18(26)23-19-17(21)10-16(20)11-22-19/h2-5,10-11H,6-9,12-13H2,1H3,(H,22,23,26). The molecule has 1 saturated heterocycles. The summed E-state index contributed by atoms with van der Waals surface area (Å²) >= 11 is 11.9. The van der Waals surface area contributed by atoms with E-state index in [4.69, 9.17) is 23.2 Å². The number of carbonyl (C=O) groups is 1. The first-order chi connectivity index (χ1) is 12.5. The van der Waals surface area contributed by atoms with Gasteiger partial charge in [0.15, 0.2) is 5.82 Å². The van der Waals surface area contributed by atoms with Gasteiger partial charge in [0, 0.05) is 38.9 Å². The van der Waals surface area contributed by atoms with Crippen molar-refractivity contribution in [3.63, 3.8) is 0 Å². The van der Waals surface area contributed by atoms with Crippen molar-refractivity contribution in [2.75, 3.05) is 38.0 Å². The topological polar surface area (TPSA) is 48.5 Å². The Kier molecular flexibility index (Phi) is 6.48. The molecule has 0 atom stereocenters. The normalized spacial score (nSPS) is 15.8. The van der Waals surface area contributed by atoms with Crippen LogP contribution in [0.15, 0.2) is 36.5 Å². The molecule has 0 saturated carbocycles. The van der Waals surface area contributed by atoms with Gasteiger partial charge in [0.05, 0.1) is 16.6 Å². The highest BCUT2D eigenvalue weighted by Gasteiger charge is 2.20. The van der Waals surface area contributed by atoms with Gasteiger partial charge in [-0.15, -0.1) is 0 Å². The van der Waals surface area contributed by atoms with Crippen molar-refractivity contribution in [3.8, 4) is 0 Å². The Morgan fingerprint density at radius 2 is 1.85 bits per heavy atom. The Morgan fingerprint density at radius 1 is 1.15 bits per heavy atom. The molecule has 2 aromatic rings. The number of nitrogens with one attached hydrogen (secondary N) is 1. The van der Waals surface area contributed by atoms with Gasteiger partial charge in [-0.05, 0) is 24.1 Å². The van der Waals surface area contributed by atoms with Gasteiger partial charge in [0.1, 0.15) is 0 Å². The Labute approximate surface area is 163 Å². The van der Waals surface area contributed by atoms with Gasteiger partial charge in [-0.25, -0.2) is 4.98 Å². The van der Waals surface area contributed by atoms with E-state index in [9.17, 15) is 4.79 Å². The minimum Gasteiger partial charge on any atom is -0.308 e. The third-order valence-corrected chi connectivity index (χ3v) is 5.05. The number of nitrogens with zero attached hydrogens (tertiary/aromatic N) is 3. The number of rotatable bonds is 5. The van der Waals surface area contributed by atoms with Gasteiger partial charge in [0.2, 0.25) is 5.91 Å². The second-order valence-electron chi connectivity index (χ2n) is 6.51. The lowest BCUT2D eigenvalue weighted by atomic mass is 10.1. The second kappa shape index (κ2) is 8.82. The predicted molar refractivity (Wildman–Crippen MR) is 106 cm³/mol. The van der Waals surface area contributed by atoms with Crippen LogP contribution < -0.4 is 5.32 Å². The lowest BCUT2D eigenvalue weighted by Crippen LogP contribution is -2.48. The summed E-state index contributed by atoms with van der Waals surface area (Å²) in [5, 5.41) is 3.53. The minimum absolute atomic E-state index is 0.117. The predicted octanol–water partition coefficient (Wildman–Crippen LogP) is 3.45. The molecule has 0 spiro atoms. The molecule has 7 heteroatoms. The molecule has 138 valence electrons. The number of amides is 1. The number of carbonyl (C=O) groups excluding carboxylic acids is 1. The van der Waals surface area contributed by atoms with Crippen LogP contribution in [-0.4, -0.2) is 53.4 Å². The lowest BCUT2D eigenvalue weighted by Gasteiger charge is -2.34. The van der Waals surface area contributed by atoms with E-state index >= 15 is 0 Å². The average molecular weight is 393 g/mol. The zero-order valence-electron chi connectivity index (χ0n) is 14.7. The lowest BCUT2D eigenvalue weighted by molar-refractivity contribution is -0.117. The van der Waals surface area contributed by atoms with Crippen LogP contribution in [0, 0.1) is 6.92 Å². The summed E-state index contributed by atoms with van der Waals surface area (Å²) in [4.78, 5) is 20.9. The van der Waals surface area contributed by atoms with Gasteiger partial charge in [-0.2, -0.15) is 0 Å². The van der Waals surface area contributed by atoms with E-state index in [1.165, 1.54) is 17.3 Å². The van der Waals surface area contributed by atoms with Gasteiger partial charge < -0.3 is 5.32 Å². The fourth-order valence-electron chi connectivity index (χ4n) is 3.02. The number of piperazine rings is 1. The number of hydrogen-bond donors (Lipinski definition) is 1. The maximum atomic E-state index is 12.2. The molecule has 1 aromatic heterocycles. The van der Waals surface area contributed by atoms with Crippen LogP contribution in [0.25, 0.3) is 0 Å². The molecular weight excluding hydrogens is 371 g/mol. The van der Waals surface area contributed by atoms with Gasteiger partial charge in [-0.1, -0.05) is 47.5 Å². The molecule has 3 rings (SSSR count). The number of halogens is 2. The minimum atomic E-state index is -0.117. The SMILES string of the molecule is Cc1ccccc1CN1CCN(CC(=O)Nc2ncc(Cl)cc2Cl)CC1. The Morgan fingerprint density at radius 3 is 2.54 bits per heavy atom. The first-order valence-electron chi connectivity index (χ1n) is 8.61. The molecule has 0 unspecified atom stereocenters. The van der Waals surface area contributed by atoms with Crippen LogP contribution in [0.5, 0.6) is 0 Å². The average Bonchev–Trinajstić information content (AvgIpc) is 2.61. The van der Waals surface area contributed by atoms with Crippen molar-refractivity contribution < 1.29 is 4.79 Å². The van der Waals surface area contributed by atoms with Crippen molar-refractivity contribution in [2.45, 2.75) is 13.5 Å². The fraction of sp³-hybridized carbons (Fsp3) is 0.368. The molecule has 0 radical (unpaired) electrons. The largest absolute Gasteiger partial charge is 0.308 e. The summed E-state index contributed by atoms with van der Waals surface area (Å²) in [5.74, 6) is 0.230. The molecule has 1 aromatic carbocycles. The number of benzene rings is 1. The van der Waals surface area contributed by atoms with Crippen LogP contribution in [-0.2, 0) is 11.3 Å². The maximum absolute atomic E-state index is 12.2. The van der Waals surface area contributed by atoms with Crippen molar-refractivity contribution in [1.29, 1.82) is 0 Å². The Bertz CT molecular complexity index is 776. The quantitative estimate of drug-likeness (QED) is 0.846. The molecule has 1 fully saturated rings. The number of aromatic nitrogens is 1. The Hall–Kier alpha value is -1.66. The summed E-state index contributed by atoms with van der Waals surface area (Å²) in [7, 11) is 0. The van der Waals surface area contributed by atoms with Gasteiger partial charge in [0.25, 0.3) is 0 Å². The Balaban J connectivity index is 1.46. The van der Waals surface area contributed by atoms with E-state index in [-0.39, 0.29) is 5.91 Å². The third kappa shape index (κ3) is 5.17. The van der Waals surface area contributed by atoms with Crippen LogP contribution in [0.4, 0.5) is 5.82 Å². The molecule has 5 nitrogen and oxygen atoms in total. The van der Waals surface area contributed by atoms with Crippen molar-refractivity contribution in [1.82, 2.24) is 14.8 Å². The zero-order valence-corrected chi connectivity index (χ0v) is 16.2. The summed E-state index contributed by atoms with van der Waals surface area (Å²) in [6.07, 6.45) is 1.47. The van der Waals surface area contributed by atoms with E-state index < -0.39 is 0 Å². The smallest absolute Gasteiger partial charge is 0.239 e.